The second-order valence-electron chi connectivity index (χ2n) is 3.00. The standard InChI is InChI=1S/C11H13BrO/c1-8-6-10(7-9(2)12)4-5-11(8)13-3/h4-6H,2,7H2,1,3H3. The summed E-state index contributed by atoms with van der Waals surface area (Å²) in [6.07, 6.45) is 0.866. The maximum atomic E-state index is 5.17. The minimum atomic E-state index is 0.866. The van der Waals surface area contributed by atoms with Crippen LogP contribution in [0.4, 0.5) is 0 Å². The smallest absolute Gasteiger partial charge is 0.121 e. The van der Waals surface area contributed by atoms with Gasteiger partial charge in [-0.2, -0.15) is 0 Å². The number of aryl methyl sites for hydroxylation is 1. The van der Waals surface area contributed by atoms with E-state index in [0.717, 1.165) is 22.2 Å². The summed E-state index contributed by atoms with van der Waals surface area (Å²) in [7, 11) is 1.69. The summed E-state index contributed by atoms with van der Waals surface area (Å²) >= 11 is 3.35. The third-order valence-electron chi connectivity index (χ3n) is 1.86. The van der Waals surface area contributed by atoms with Gasteiger partial charge in [0.15, 0.2) is 0 Å². The molecule has 1 nitrogen and oxygen atoms in total. The van der Waals surface area contributed by atoms with Crippen LogP contribution in [0, 0.1) is 6.92 Å². The van der Waals surface area contributed by atoms with E-state index in [1.54, 1.807) is 7.11 Å². The zero-order valence-corrected chi connectivity index (χ0v) is 9.52. The maximum Gasteiger partial charge on any atom is 0.121 e. The van der Waals surface area contributed by atoms with Gasteiger partial charge in [-0.15, -0.1) is 0 Å². The van der Waals surface area contributed by atoms with E-state index >= 15 is 0 Å². The zero-order chi connectivity index (χ0) is 9.84. The first-order valence-electron chi connectivity index (χ1n) is 4.10. The van der Waals surface area contributed by atoms with Crippen LogP contribution < -0.4 is 4.74 Å². The van der Waals surface area contributed by atoms with Crippen LogP contribution in [0.15, 0.2) is 29.3 Å². The minimum absolute atomic E-state index is 0.866. The Balaban J connectivity index is 2.89. The largest absolute Gasteiger partial charge is 0.496 e. The predicted octanol–water partition coefficient (Wildman–Crippen LogP) is 3.45. The van der Waals surface area contributed by atoms with Gasteiger partial charge in [0.25, 0.3) is 0 Å². The minimum Gasteiger partial charge on any atom is -0.496 e. The summed E-state index contributed by atoms with van der Waals surface area (Å²) in [5.41, 5.74) is 2.41. The highest BCUT2D eigenvalue weighted by Gasteiger charge is 1.99. The van der Waals surface area contributed by atoms with Crippen molar-refractivity contribution in [3.8, 4) is 5.75 Å². The molecule has 0 radical (unpaired) electrons. The van der Waals surface area contributed by atoms with Crippen molar-refractivity contribution in [1.82, 2.24) is 0 Å². The molecular formula is C11H13BrO. The fraction of sp³-hybridized carbons (Fsp3) is 0.273. The van der Waals surface area contributed by atoms with Crippen LogP contribution in [0.3, 0.4) is 0 Å². The van der Waals surface area contributed by atoms with Gasteiger partial charge in [-0.25, -0.2) is 0 Å². The van der Waals surface area contributed by atoms with E-state index in [9.17, 15) is 0 Å². The van der Waals surface area contributed by atoms with Crippen LogP contribution in [-0.2, 0) is 6.42 Å². The molecule has 0 aliphatic carbocycles. The fourth-order valence-electron chi connectivity index (χ4n) is 1.27. The average Bonchev–Trinajstić information content (AvgIpc) is 2.03. The quantitative estimate of drug-likeness (QED) is 0.787. The highest BCUT2D eigenvalue weighted by molar-refractivity contribution is 9.11. The van der Waals surface area contributed by atoms with E-state index in [1.165, 1.54) is 5.56 Å². The molecule has 0 bridgehead atoms. The molecule has 0 aromatic heterocycles. The molecule has 0 atom stereocenters. The summed E-state index contributed by atoms with van der Waals surface area (Å²) in [4.78, 5) is 0. The number of allylic oxidation sites excluding steroid dienone is 1. The highest BCUT2D eigenvalue weighted by Crippen LogP contribution is 2.20. The van der Waals surface area contributed by atoms with Gasteiger partial charge in [-0.1, -0.05) is 34.6 Å². The number of methoxy groups -OCH3 is 1. The molecule has 0 saturated carbocycles. The van der Waals surface area contributed by atoms with Crippen LogP contribution in [0.1, 0.15) is 11.1 Å². The molecule has 0 fully saturated rings. The van der Waals surface area contributed by atoms with E-state index in [4.69, 9.17) is 4.74 Å². The highest BCUT2D eigenvalue weighted by atomic mass is 79.9. The summed E-state index contributed by atoms with van der Waals surface area (Å²) in [5.74, 6) is 0.934. The molecule has 70 valence electrons. The molecule has 0 N–H and O–H groups in total. The van der Waals surface area contributed by atoms with E-state index in [2.05, 4.69) is 34.6 Å². The molecule has 13 heavy (non-hydrogen) atoms. The SMILES string of the molecule is C=C(Br)Cc1ccc(OC)c(C)c1. The number of rotatable bonds is 3. The third-order valence-corrected chi connectivity index (χ3v) is 2.14. The second-order valence-corrected chi connectivity index (χ2v) is 4.12. The Kier molecular flexibility index (Phi) is 3.55. The molecular weight excluding hydrogens is 228 g/mol. The van der Waals surface area contributed by atoms with Gasteiger partial charge in [-0.05, 0) is 28.6 Å². The number of ether oxygens (including phenoxy) is 1. The lowest BCUT2D eigenvalue weighted by molar-refractivity contribution is 0.411. The second kappa shape index (κ2) is 4.47. The third kappa shape index (κ3) is 2.88. The number of benzene rings is 1. The van der Waals surface area contributed by atoms with Crippen molar-refractivity contribution in [3.63, 3.8) is 0 Å². The fourth-order valence-corrected chi connectivity index (χ4v) is 1.60. The van der Waals surface area contributed by atoms with Crippen LogP contribution in [0.25, 0.3) is 0 Å². The molecule has 0 unspecified atom stereocenters. The monoisotopic (exact) mass is 240 g/mol. The molecule has 0 heterocycles. The maximum absolute atomic E-state index is 5.17. The Morgan fingerprint density at radius 2 is 2.23 bits per heavy atom. The lowest BCUT2D eigenvalue weighted by Crippen LogP contribution is -1.90. The normalized spacial score (nSPS) is 9.77. The van der Waals surface area contributed by atoms with E-state index in [0.29, 0.717) is 0 Å². The van der Waals surface area contributed by atoms with E-state index in [1.807, 2.05) is 13.0 Å². The van der Waals surface area contributed by atoms with Crippen LogP contribution in [0.2, 0.25) is 0 Å². The first kappa shape index (κ1) is 10.3. The van der Waals surface area contributed by atoms with Crippen molar-refractivity contribution < 1.29 is 4.74 Å². The van der Waals surface area contributed by atoms with Gasteiger partial charge in [0.1, 0.15) is 5.75 Å². The molecule has 2 heteroatoms. The molecule has 0 spiro atoms. The molecule has 0 aliphatic heterocycles. The van der Waals surface area contributed by atoms with Gasteiger partial charge >= 0.3 is 0 Å². The predicted molar refractivity (Wildman–Crippen MR) is 59.5 cm³/mol. The first-order valence-corrected chi connectivity index (χ1v) is 4.89. The molecule has 1 aromatic carbocycles. The summed E-state index contributed by atoms with van der Waals surface area (Å²) in [5, 5.41) is 0. The summed E-state index contributed by atoms with van der Waals surface area (Å²) in [6, 6.07) is 6.16. The molecule has 1 aromatic rings. The lowest BCUT2D eigenvalue weighted by Gasteiger charge is -2.06. The Morgan fingerprint density at radius 3 is 2.69 bits per heavy atom. The van der Waals surface area contributed by atoms with Gasteiger partial charge in [0.05, 0.1) is 7.11 Å². The van der Waals surface area contributed by atoms with Gasteiger partial charge < -0.3 is 4.74 Å². The summed E-state index contributed by atoms with van der Waals surface area (Å²) in [6.45, 7) is 5.85. The van der Waals surface area contributed by atoms with Crippen molar-refractivity contribution in [2.45, 2.75) is 13.3 Å². The zero-order valence-electron chi connectivity index (χ0n) is 7.93. The average molecular weight is 241 g/mol. The molecule has 0 saturated heterocycles. The number of hydrogen-bond donors (Lipinski definition) is 0. The number of halogens is 1. The Labute approximate surface area is 87.5 Å². The van der Waals surface area contributed by atoms with Gasteiger partial charge in [0, 0.05) is 6.42 Å². The van der Waals surface area contributed by atoms with Crippen LogP contribution in [-0.4, -0.2) is 7.11 Å². The Bertz CT molecular complexity index is 318. The molecule has 0 aliphatic rings. The number of hydrogen-bond acceptors (Lipinski definition) is 1. The van der Waals surface area contributed by atoms with E-state index in [-0.39, 0.29) is 0 Å². The van der Waals surface area contributed by atoms with E-state index < -0.39 is 0 Å². The topological polar surface area (TPSA) is 9.23 Å². The van der Waals surface area contributed by atoms with Crippen molar-refractivity contribution in [2.24, 2.45) is 0 Å². The van der Waals surface area contributed by atoms with Crippen molar-refractivity contribution in [3.05, 3.63) is 40.4 Å². The van der Waals surface area contributed by atoms with Crippen molar-refractivity contribution in [2.75, 3.05) is 7.11 Å². The van der Waals surface area contributed by atoms with Crippen LogP contribution >= 0.6 is 15.9 Å². The Morgan fingerprint density at radius 1 is 1.54 bits per heavy atom. The van der Waals surface area contributed by atoms with Gasteiger partial charge in [0.2, 0.25) is 0 Å². The van der Waals surface area contributed by atoms with Gasteiger partial charge in [-0.3, -0.25) is 0 Å². The lowest BCUT2D eigenvalue weighted by atomic mass is 10.1. The molecule has 1 rings (SSSR count). The summed E-state index contributed by atoms with van der Waals surface area (Å²) < 4.78 is 6.17. The van der Waals surface area contributed by atoms with Crippen molar-refractivity contribution >= 4 is 15.9 Å². The first-order chi connectivity index (χ1) is 6.13. The van der Waals surface area contributed by atoms with Crippen molar-refractivity contribution in [1.29, 1.82) is 0 Å². The Hall–Kier alpha value is -0.760. The molecule has 0 amide bonds. The van der Waals surface area contributed by atoms with Crippen LogP contribution in [0.5, 0.6) is 5.75 Å².